The molecular formula is C24H31N3O6S. The average molecular weight is 490 g/mol. The third-order valence-electron chi connectivity index (χ3n) is 5.58. The predicted molar refractivity (Wildman–Crippen MR) is 128 cm³/mol. The summed E-state index contributed by atoms with van der Waals surface area (Å²) in [5, 5.41) is 2.89. The molecule has 10 heteroatoms. The van der Waals surface area contributed by atoms with Gasteiger partial charge < -0.3 is 19.5 Å². The summed E-state index contributed by atoms with van der Waals surface area (Å²) in [5.74, 6) is 1.06. The minimum absolute atomic E-state index is 0.0211. The van der Waals surface area contributed by atoms with Crippen LogP contribution < -0.4 is 19.5 Å². The summed E-state index contributed by atoms with van der Waals surface area (Å²) >= 11 is 0. The summed E-state index contributed by atoms with van der Waals surface area (Å²) in [6.07, 6.45) is -0.113. The Morgan fingerprint density at radius 1 is 1.09 bits per heavy atom. The van der Waals surface area contributed by atoms with E-state index in [-0.39, 0.29) is 28.2 Å². The van der Waals surface area contributed by atoms with Gasteiger partial charge in [0.1, 0.15) is 13.2 Å². The second-order valence-corrected chi connectivity index (χ2v) is 10.5. The Morgan fingerprint density at radius 3 is 2.65 bits per heavy atom. The molecule has 1 unspecified atom stereocenters. The number of fused-ring (bicyclic) bond motifs is 1. The highest BCUT2D eigenvalue weighted by Crippen LogP contribution is 2.33. The van der Waals surface area contributed by atoms with Crippen LogP contribution in [0.4, 0.5) is 5.69 Å². The summed E-state index contributed by atoms with van der Waals surface area (Å²) in [7, 11) is -3.95. The van der Waals surface area contributed by atoms with E-state index in [0.717, 1.165) is 19.6 Å². The van der Waals surface area contributed by atoms with Crippen LogP contribution >= 0.6 is 0 Å². The summed E-state index contributed by atoms with van der Waals surface area (Å²) in [4.78, 5) is 15.3. The van der Waals surface area contributed by atoms with Crippen molar-refractivity contribution in [3.8, 4) is 11.5 Å². The van der Waals surface area contributed by atoms with Crippen LogP contribution in [0, 0.1) is 5.92 Å². The van der Waals surface area contributed by atoms with Crippen molar-refractivity contribution in [2.24, 2.45) is 5.92 Å². The minimum Gasteiger partial charge on any atom is -0.486 e. The summed E-state index contributed by atoms with van der Waals surface area (Å²) in [6, 6.07) is 10.9. The number of hydrogen-bond acceptors (Lipinski definition) is 7. The van der Waals surface area contributed by atoms with Crippen molar-refractivity contribution in [2.45, 2.75) is 24.8 Å². The number of carbonyl (C=O) groups is 1. The van der Waals surface area contributed by atoms with Crippen molar-refractivity contribution in [3.63, 3.8) is 0 Å². The largest absolute Gasteiger partial charge is 0.486 e. The highest BCUT2D eigenvalue weighted by molar-refractivity contribution is 7.92. The molecular weight excluding hydrogens is 458 g/mol. The first-order valence-electron chi connectivity index (χ1n) is 11.5. The van der Waals surface area contributed by atoms with E-state index in [1.807, 2.05) is 0 Å². The molecule has 2 aromatic carbocycles. The first-order valence-corrected chi connectivity index (χ1v) is 12.9. The third kappa shape index (κ3) is 5.99. The molecule has 0 spiro atoms. The number of sulfonamides is 1. The first-order chi connectivity index (χ1) is 16.3. The molecule has 0 aromatic heterocycles. The molecule has 2 aliphatic rings. The molecule has 1 amide bonds. The molecule has 0 bridgehead atoms. The zero-order valence-electron chi connectivity index (χ0n) is 19.5. The number of nitrogens with one attached hydrogen (secondary N) is 2. The van der Waals surface area contributed by atoms with Crippen molar-refractivity contribution in [2.75, 3.05) is 50.7 Å². The van der Waals surface area contributed by atoms with Gasteiger partial charge in [0.25, 0.3) is 15.9 Å². The third-order valence-corrected chi connectivity index (χ3v) is 6.94. The molecule has 34 heavy (non-hydrogen) atoms. The average Bonchev–Trinajstić information content (AvgIpc) is 2.82. The molecule has 1 saturated heterocycles. The lowest BCUT2D eigenvalue weighted by molar-refractivity contribution is -0.0295. The molecule has 2 aliphatic heterocycles. The van der Waals surface area contributed by atoms with Gasteiger partial charge in [-0.2, -0.15) is 0 Å². The number of para-hydroxylation sites is 1. The monoisotopic (exact) mass is 489 g/mol. The standard InChI is InChI=1S/C24H31N3O6S/c1-17(2)15-27-9-10-31-18(16-27)14-25-24(28)20-5-3-4-6-21(20)26-34(29,30)19-7-8-22-23(13-19)33-12-11-32-22/h3-8,13,17-18,26H,9-12,14-16H2,1-2H3,(H,25,28). The van der Waals surface area contributed by atoms with Crippen LogP contribution in [0.25, 0.3) is 0 Å². The van der Waals surface area contributed by atoms with Crippen LogP contribution in [0.1, 0.15) is 24.2 Å². The zero-order valence-corrected chi connectivity index (χ0v) is 20.3. The van der Waals surface area contributed by atoms with E-state index in [2.05, 4.69) is 28.8 Å². The molecule has 0 saturated carbocycles. The summed E-state index contributed by atoms with van der Waals surface area (Å²) in [5.41, 5.74) is 0.430. The van der Waals surface area contributed by atoms with Crippen LogP contribution in [0.15, 0.2) is 47.4 Å². The minimum atomic E-state index is -3.95. The predicted octanol–water partition coefficient (Wildman–Crippen LogP) is 2.35. The van der Waals surface area contributed by atoms with Gasteiger partial charge in [-0.25, -0.2) is 8.42 Å². The van der Waals surface area contributed by atoms with E-state index in [0.29, 0.717) is 43.8 Å². The molecule has 1 fully saturated rings. The number of nitrogens with zero attached hydrogens (tertiary/aromatic N) is 1. The van der Waals surface area contributed by atoms with Gasteiger partial charge in [0, 0.05) is 32.2 Å². The molecule has 2 aromatic rings. The van der Waals surface area contributed by atoms with Gasteiger partial charge in [-0.1, -0.05) is 26.0 Å². The van der Waals surface area contributed by atoms with Gasteiger partial charge >= 0.3 is 0 Å². The molecule has 184 valence electrons. The number of anilines is 1. The van der Waals surface area contributed by atoms with Crippen molar-refractivity contribution in [3.05, 3.63) is 48.0 Å². The number of carbonyl (C=O) groups excluding carboxylic acids is 1. The van der Waals surface area contributed by atoms with Crippen LogP contribution in [0.5, 0.6) is 11.5 Å². The Labute approximate surface area is 200 Å². The number of rotatable bonds is 8. The van der Waals surface area contributed by atoms with Gasteiger partial charge in [-0.3, -0.25) is 14.4 Å². The van der Waals surface area contributed by atoms with E-state index in [4.69, 9.17) is 14.2 Å². The topological polar surface area (TPSA) is 106 Å². The fraction of sp³-hybridized carbons (Fsp3) is 0.458. The van der Waals surface area contributed by atoms with E-state index in [1.165, 1.54) is 12.1 Å². The Morgan fingerprint density at radius 2 is 1.85 bits per heavy atom. The maximum atomic E-state index is 13.0. The number of ether oxygens (including phenoxy) is 3. The fourth-order valence-corrected chi connectivity index (χ4v) is 5.15. The molecule has 0 radical (unpaired) electrons. The van der Waals surface area contributed by atoms with Gasteiger partial charge in [0.15, 0.2) is 11.5 Å². The van der Waals surface area contributed by atoms with Crippen molar-refractivity contribution in [1.82, 2.24) is 10.2 Å². The van der Waals surface area contributed by atoms with Crippen molar-refractivity contribution >= 4 is 21.6 Å². The second kappa shape index (κ2) is 10.6. The highest BCUT2D eigenvalue weighted by atomic mass is 32.2. The van der Waals surface area contributed by atoms with Crippen LogP contribution in [0.2, 0.25) is 0 Å². The van der Waals surface area contributed by atoms with Gasteiger partial charge in [-0.15, -0.1) is 0 Å². The lowest BCUT2D eigenvalue weighted by Crippen LogP contribution is -2.48. The highest BCUT2D eigenvalue weighted by Gasteiger charge is 2.24. The van der Waals surface area contributed by atoms with Gasteiger partial charge in [-0.05, 0) is 30.2 Å². The lowest BCUT2D eigenvalue weighted by Gasteiger charge is -2.34. The maximum Gasteiger partial charge on any atom is 0.262 e. The maximum absolute atomic E-state index is 13.0. The molecule has 9 nitrogen and oxygen atoms in total. The molecule has 4 rings (SSSR count). The van der Waals surface area contributed by atoms with E-state index < -0.39 is 10.0 Å². The zero-order chi connectivity index (χ0) is 24.1. The van der Waals surface area contributed by atoms with Gasteiger partial charge in [0.05, 0.1) is 28.9 Å². The van der Waals surface area contributed by atoms with E-state index >= 15 is 0 Å². The quantitative estimate of drug-likeness (QED) is 0.586. The van der Waals surface area contributed by atoms with E-state index in [1.54, 1.807) is 30.3 Å². The van der Waals surface area contributed by atoms with Crippen molar-refractivity contribution in [1.29, 1.82) is 0 Å². The Bertz CT molecular complexity index is 1120. The van der Waals surface area contributed by atoms with Crippen molar-refractivity contribution < 1.29 is 27.4 Å². The smallest absolute Gasteiger partial charge is 0.262 e. The first kappa shape index (κ1) is 24.3. The Kier molecular flexibility index (Phi) is 7.60. The normalized spacial score (nSPS) is 18.5. The fourth-order valence-electron chi connectivity index (χ4n) is 4.05. The number of morpholine rings is 1. The molecule has 1 atom stereocenters. The van der Waals surface area contributed by atoms with Gasteiger partial charge in [0.2, 0.25) is 0 Å². The number of hydrogen-bond donors (Lipinski definition) is 2. The number of benzene rings is 2. The van der Waals surface area contributed by atoms with Crippen LogP contribution in [-0.2, 0) is 14.8 Å². The molecule has 2 N–H and O–H groups in total. The van der Waals surface area contributed by atoms with E-state index in [9.17, 15) is 13.2 Å². The Balaban J connectivity index is 1.42. The second-order valence-electron chi connectivity index (χ2n) is 8.81. The Hall–Kier alpha value is -2.82. The lowest BCUT2D eigenvalue weighted by atomic mass is 10.1. The summed E-state index contributed by atoms with van der Waals surface area (Å²) < 4.78 is 45.3. The molecule has 0 aliphatic carbocycles. The number of amides is 1. The molecule has 2 heterocycles. The van der Waals surface area contributed by atoms with Crippen LogP contribution in [0.3, 0.4) is 0 Å². The van der Waals surface area contributed by atoms with Crippen LogP contribution in [-0.4, -0.2) is 71.3 Å². The SMILES string of the molecule is CC(C)CN1CCOC(CNC(=O)c2ccccc2NS(=O)(=O)c2ccc3c(c2)OCCO3)C1. The summed E-state index contributed by atoms with van der Waals surface area (Å²) in [6.45, 7) is 8.71.